The second-order valence-corrected chi connectivity index (χ2v) is 9.08. The number of alkyl halides is 2. The number of ether oxygens (including phenoxy) is 1. The minimum atomic E-state index is -3.65. The van der Waals surface area contributed by atoms with Crippen molar-refractivity contribution in [3.63, 3.8) is 0 Å². The number of hydrogen-bond acceptors (Lipinski definition) is 9. The van der Waals surface area contributed by atoms with Crippen LogP contribution in [0.15, 0.2) is 28.7 Å². The van der Waals surface area contributed by atoms with E-state index >= 15 is 0 Å². The molecule has 1 atom stereocenters. The van der Waals surface area contributed by atoms with E-state index in [1.54, 1.807) is 6.92 Å². The van der Waals surface area contributed by atoms with Crippen LogP contribution in [0.1, 0.15) is 22.4 Å². The Morgan fingerprint density at radius 1 is 1.45 bits per heavy atom. The minimum Gasteiger partial charge on any atom is -0.433 e. The van der Waals surface area contributed by atoms with Gasteiger partial charge < -0.3 is 15.8 Å². The van der Waals surface area contributed by atoms with E-state index in [4.69, 9.17) is 5.73 Å². The molecule has 3 N–H and O–H groups in total. The lowest BCUT2D eigenvalue weighted by atomic mass is 10.1. The van der Waals surface area contributed by atoms with Crippen molar-refractivity contribution in [2.24, 2.45) is 10.7 Å². The third-order valence-electron chi connectivity index (χ3n) is 3.97. The second-order valence-electron chi connectivity index (χ2n) is 6.22. The summed E-state index contributed by atoms with van der Waals surface area (Å²) >= 11 is 1.11. The lowest BCUT2D eigenvalue weighted by molar-refractivity contribution is -0.0500. The Kier molecular flexibility index (Phi) is 5.40. The van der Waals surface area contributed by atoms with Gasteiger partial charge in [-0.2, -0.15) is 8.78 Å². The van der Waals surface area contributed by atoms with Gasteiger partial charge in [0, 0.05) is 12.4 Å². The summed E-state index contributed by atoms with van der Waals surface area (Å²) in [7, 11) is -2.34. The third kappa shape index (κ3) is 4.42. The summed E-state index contributed by atoms with van der Waals surface area (Å²) in [6.07, 6.45) is 0.996. The smallest absolute Gasteiger partial charge is 0.387 e. The van der Waals surface area contributed by atoms with Gasteiger partial charge in [-0.25, -0.2) is 27.7 Å². The van der Waals surface area contributed by atoms with Crippen LogP contribution in [0.25, 0.3) is 0 Å². The normalized spacial score (nSPS) is 21.0. The summed E-state index contributed by atoms with van der Waals surface area (Å²) < 4.78 is 53.9. The summed E-state index contributed by atoms with van der Waals surface area (Å²) in [5.74, 6) is -1.13. The molecule has 1 amide bonds. The van der Waals surface area contributed by atoms with Crippen molar-refractivity contribution in [3.8, 4) is 5.75 Å². The maximum Gasteiger partial charge on any atom is 0.387 e. The lowest BCUT2D eigenvalue weighted by Gasteiger charge is -2.32. The van der Waals surface area contributed by atoms with Gasteiger partial charge in [0.05, 0.1) is 6.20 Å². The average molecular weight is 446 g/mol. The molecule has 0 bridgehead atoms. The maximum atomic E-state index is 12.3. The van der Waals surface area contributed by atoms with E-state index in [1.165, 1.54) is 24.6 Å². The van der Waals surface area contributed by atoms with Crippen LogP contribution in [0.3, 0.4) is 0 Å². The molecule has 0 aromatic carbocycles. The van der Waals surface area contributed by atoms with Gasteiger partial charge >= 0.3 is 6.61 Å². The number of thiazole rings is 1. The monoisotopic (exact) mass is 446 g/mol. The largest absolute Gasteiger partial charge is 0.433 e. The van der Waals surface area contributed by atoms with Crippen LogP contribution in [0.2, 0.25) is 0 Å². The van der Waals surface area contributed by atoms with Crippen LogP contribution < -0.4 is 15.8 Å². The van der Waals surface area contributed by atoms with Gasteiger partial charge in [-0.1, -0.05) is 0 Å². The van der Waals surface area contributed by atoms with Crippen LogP contribution in [-0.2, 0) is 15.6 Å². The van der Waals surface area contributed by atoms with E-state index in [9.17, 15) is 22.0 Å². The van der Waals surface area contributed by atoms with E-state index in [-0.39, 0.29) is 29.0 Å². The Balaban J connectivity index is 1.76. The first kappa shape index (κ1) is 20.9. The molecular formula is C15H16F2N6O4S2. The molecule has 14 heteroatoms. The molecule has 156 valence electrons. The average Bonchev–Trinajstić information content (AvgIpc) is 3.09. The Bertz CT molecular complexity index is 1060. The van der Waals surface area contributed by atoms with E-state index < -0.39 is 28.1 Å². The van der Waals surface area contributed by atoms with Crippen LogP contribution >= 0.6 is 11.3 Å². The first-order valence-corrected chi connectivity index (χ1v) is 10.5. The van der Waals surface area contributed by atoms with Gasteiger partial charge in [0.15, 0.2) is 0 Å². The number of aromatic nitrogens is 2. The number of anilines is 1. The molecular weight excluding hydrogens is 430 g/mol. The number of carbonyl (C=O) groups is 1. The first-order valence-electron chi connectivity index (χ1n) is 8.00. The van der Waals surface area contributed by atoms with Crippen molar-refractivity contribution in [3.05, 3.63) is 34.4 Å². The molecule has 0 saturated heterocycles. The maximum absolute atomic E-state index is 12.3. The summed E-state index contributed by atoms with van der Waals surface area (Å²) in [6, 6.07) is 2.40. The number of nitrogens with one attached hydrogen (secondary N) is 1. The fourth-order valence-electron chi connectivity index (χ4n) is 2.51. The van der Waals surface area contributed by atoms with Crippen LogP contribution in [0.4, 0.5) is 14.6 Å². The van der Waals surface area contributed by atoms with Crippen molar-refractivity contribution in [1.29, 1.82) is 0 Å². The predicted octanol–water partition coefficient (Wildman–Crippen LogP) is 1.20. The Morgan fingerprint density at radius 3 is 2.76 bits per heavy atom. The van der Waals surface area contributed by atoms with Crippen LogP contribution in [-0.4, -0.2) is 54.0 Å². The Hall–Kier alpha value is -2.87. The van der Waals surface area contributed by atoms with Gasteiger partial charge in [0.2, 0.25) is 16.0 Å². The van der Waals surface area contributed by atoms with Gasteiger partial charge in [-0.05, 0) is 19.1 Å². The quantitative estimate of drug-likeness (QED) is 0.703. The predicted molar refractivity (Wildman–Crippen MR) is 101 cm³/mol. The molecule has 0 fully saturated rings. The third-order valence-corrected chi connectivity index (χ3v) is 7.01. The van der Waals surface area contributed by atoms with Crippen molar-refractivity contribution in [2.45, 2.75) is 19.1 Å². The number of pyridine rings is 1. The summed E-state index contributed by atoms with van der Waals surface area (Å²) in [4.78, 5) is 24.5. The minimum absolute atomic E-state index is 0.0449. The lowest BCUT2D eigenvalue weighted by Crippen LogP contribution is -2.50. The molecule has 2 aromatic rings. The van der Waals surface area contributed by atoms with Gasteiger partial charge in [-0.15, -0.1) is 11.3 Å². The van der Waals surface area contributed by atoms with Gasteiger partial charge in [0.25, 0.3) is 5.91 Å². The number of guanidine groups is 1. The molecule has 1 aliphatic heterocycles. The second kappa shape index (κ2) is 7.51. The summed E-state index contributed by atoms with van der Waals surface area (Å²) in [5.41, 5.74) is 4.47. The Labute approximate surface area is 168 Å². The topological polar surface area (TPSA) is 140 Å². The van der Waals surface area contributed by atoms with E-state index in [1.807, 2.05) is 0 Å². The summed E-state index contributed by atoms with van der Waals surface area (Å²) in [6.45, 7) is -1.41. The highest BCUT2D eigenvalue weighted by atomic mass is 32.2. The highest BCUT2D eigenvalue weighted by Gasteiger charge is 2.42. The zero-order valence-corrected chi connectivity index (χ0v) is 16.8. The molecule has 0 unspecified atom stereocenters. The van der Waals surface area contributed by atoms with Crippen LogP contribution in [0, 0.1) is 0 Å². The van der Waals surface area contributed by atoms with Crippen LogP contribution in [0.5, 0.6) is 5.75 Å². The molecule has 0 radical (unpaired) electrons. The molecule has 29 heavy (non-hydrogen) atoms. The van der Waals surface area contributed by atoms with Gasteiger partial charge in [0.1, 0.15) is 33.6 Å². The number of sulfonamides is 1. The first-order chi connectivity index (χ1) is 13.5. The molecule has 0 spiro atoms. The number of nitrogens with two attached hydrogens (primary N) is 1. The number of carbonyl (C=O) groups excluding carboxylic acids is 1. The van der Waals surface area contributed by atoms with Crippen molar-refractivity contribution in [2.75, 3.05) is 18.1 Å². The van der Waals surface area contributed by atoms with E-state index in [2.05, 4.69) is 25.0 Å². The molecule has 3 heterocycles. The van der Waals surface area contributed by atoms with Gasteiger partial charge in [-0.3, -0.25) is 4.79 Å². The molecule has 1 aliphatic rings. The highest BCUT2D eigenvalue weighted by molar-refractivity contribution is 7.89. The molecule has 0 aliphatic carbocycles. The fourth-order valence-corrected chi connectivity index (χ4v) is 4.89. The number of nitrogens with zero attached hydrogens (tertiary/aromatic N) is 4. The zero-order valence-electron chi connectivity index (χ0n) is 15.2. The molecule has 0 saturated carbocycles. The zero-order chi connectivity index (χ0) is 21.4. The molecule has 2 aromatic heterocycles. The highest BCUT2D eigenvalue weighted by Crippen LogP contribution is 2.34. The summed E-state index contributed by atoms with van der Waals surface area (Å²) in [5, 5.41) is 4.37. The molecule has 10 nitrogen and oxygen atoms in total. The number of amides is 1. The standard InChI is InChI=1S/C15H16F2N6O4S2/c1-15(7-29(25,26)23(2)14(18)22-15)12-21-10(6-28-12)20-11(24)9-4-3-8(5-19-9)27-13(16)17/h3-6,13H,7H2,1-2H3,(H2,18,22)(H,20,24)/t15-/m0/s1. The number of hydrogen-bond donors (Lipinski definition) is 2. The van der Waals surface area contributed by atoms with Crippen molar-refractivity contribution < 1.29 is 26.7 Å². The van der Waals surface area contributed by atoms with E-state index in [0.717, 1.165) is 21.8 Å². The number of aliphatic imine (C=N–C) groups is 1. The van der Waals surface area contributed by atoms with Crippen molar-refractivity contribution >= 4 is 39.0 Å². The fraction of sp³-hybridized carbons (Fsp3) is 0.333. The number of halogens is 2. The number of rotatable bonds is 5. The SMILES string of the molecule is CN1C(N)=N[C@](C)(c2nc(NC(=O)c3ccc(OC(F)F)cn3)cs2)CS1(=O)=O. The Morgan fingerprint density at radius 2 is 2.17 bits per heavy atom. The van der Waals surface area contributed by atoms with Crippen molar-refractivity contribution in [1.82, 2.24) is 14.3 Å². The molecule has 3 rings (SSSR count). The van der Waals surface area contributed by atoms with E-state index in [0.29, 0.717) is 5.01 Å².